The maximum Gasteiger partial charge on any atom is 0.272 e. The van der Waals surface area contributed by atoms with Gasteiger partial charge >= 0.3 is 0 Å². The number of hydrogen-bond donors (Lipinski definition) is 0. The van der Waals surface area contributed by atoms with E-state index in [1.54, 1.807) is 30.0 Å². The van der Waals surface area contributed by atoms with Crippen molar-refractivity contribution < 1.29 is 24.2 Å². The van der Waals surface area contributed by atoms with Crippen LogP contribution in [-0.4, -0.2) is 45.2 Å². The van der Waals surface area contributed by atoms with Crippen molar-refractivity contribution in [2.45, 2.75) is 120 Å². The van der Waals surface area contributed by atoms with E-state index in [1.807, 2.05) is 12.1 Å². The molecule has 3 saturated carbocycles. The number of halogens is 2. The minimum atomic E-state index is -0.370. The lowest BCUT2D eigenvalue weighted by Gasteiger charge is -2.18. The van der Waals surface area contributed by atoms with Crippen molar-refractivity contribution >= 4 is 60.6 Å². The number of likely N-dealkylation sites (tertiary alicyclic amines) is 1. The van der Waals surface area contributed by atoms with Crippen molar-refractivity contribution in [3.05, 3.63) is 161 Å². The van der Waals surface area contributed by atoms with Gasteiger partial charge in [-0.2, -0.15) is 0 Å². The Kier molecular flexibility index (Phi) is 16.9. The average Bonchev–Trinajstić information content (AvgIpc) is 4.19. The second kappa shape index (κ2) is 23.2. The smallest absolute Gasteiger partial charge is 0.272 e. The van der Waals surface area contributed by atoms with Crippen molar-refractivity contribution in [1.82, 2.24) is 4.90 Å². The van der Waals surface area contributed by atoms with Crippen molar-refractivity contribution in [2.24, 2.45) is 35.5 Å². The Labute approximate surface area is 417 Å². The molecule has 68 heavy (non-hydrogen) atoms. The normalized spacial score (nSPS) is 24.6. The Morgan fingerprint density at radius 2 is 0.971 bits per heavy atom. The van der Waals surface area contributed by atoms with Crippen molar-refractivity contribution in [1.29, 1.82) is 0 Å². The third kappa shape index (κ3) is 11.8. The number of fused-ring (bicyclic) bond motifs is 9. The molecule has 12 rings (SSSR count). The lowest BCUT2D eigenvalue weighted by Crippen LogP contribution is -2.16. The summed E-state index contributed by atoms with van der Waals surface area (Å²) in [4.78, 5) is 59.4. The molecule has 6 unspecified atom stereocenters. The van der Waals surface area contributed by atoms with E-state index in [-0.39, 0.29) is 44.9 Å². The fourth-order valence-electron chi connectivity index (χ4n) is 11.9. The van der Waals surface area contributed by atoms with Crippen LogP contribution in [-0.2, 0) is 63.6 Å². The summed E-state index contributed by atoms with van der Waals surface area (Å²) < 4.78 is 0. The van der Waals surface area contributed by atoms with Gasteiger partial charge in [0.2, 0.25) is 0 Å². The van der Waals surface area contributed by atoms with Crippen LogP contribution in [0.3, 0.4) is 0 Å². The number of carbonyl (C=O) groups is 3. The molecule has 1 saturated heterocycles. The van der Waals surface area contributed by atoms with Gasteiger partial charge in [0.05, 0.1) is 9.85 Å². The highest BCUT2D eigenvalue weighted by Gasteiger charge is 2.40. The van der Waals surface area contributed by atoms with E-state index in [2.05, 4.69) is 91.4 Å². The van der Waals surface area contributed by atoms with Gasteiger partial charge in [-0.3, -0.25) is 34.6 Å². The first kappa shape index (κ1) is 49.6. The van der Waals surface area contributed by atoms with Gasteiger partial charge in [0.25, 0.3) is 11.4 Å². The van der Waals surface area contributed by atoms with E-state index in [9.17, 15) is 34.6 Å². The number of allylic oxidation sites excluding steroid dienone is 2. The first-order valence-corrected chi connectivity index (χ1v) is 27.1. The molecule has 1 heterocycles. The number of nitrogens with zero attached hydrogens (tertiary/aromatic N) is 3. The van der Waals surface area contributed by atoms with Gasteiger partial charge in [-0.05, 0) is 148 Å². The van der Waals surface area contributed by atoms with E-state index < -0.39 is 0 Å². The molecule has 1 aliphatic heterocycles. The quantitative estimate of drug-likeness (QED) is 0.109. The molecule has 0 spiro atoms. The van der Waals surface area contributed by atoms with E-state index in [4.69, 9.17) is 0 Å². The van der Waals surface area contributed by atoms with Crippen molar-refractivity contribution in [2.75, 3.05) is 13.1 Å². The highest BCUT2D eigenvalue weighted by atomic mass is 79.9. The molecule has 0 N–H and O–H groups in total. The molecule has 4 aromatic rings. The van der Waals surface area contributed by atoms with E-state index >= 15 is 0 Å². The number of rotatable bonds is 5. The Hall–Kier alpha value is -4.81. The number of nitro benzene ring substituents is 2. The number of carbonyl (C=O) groups excluding carboxylic acids is 3. The summed E-state index contributed by atoms with van der Waals surface area (Å²) >= 11 is 6.86. The number of alkyl halides is 2. The van der Waals surface area contributed by atoms with Gasteiger partial charge in [0, 0.05) is 88.7 Å². The highest BCUT2D eigenvalue weighted by molar-refractivity contribution is 9.09. The topological polar surface area (TPSA) is 141 Å². The van der Waals surface area contributed by atoms with Gasteiger partial charge in [-0.25, -0.2) is 0 Å². The highest BCUT2D eigenvalue weighted by Crippen LogP contribution is 2.41. The maximum absolute atomic E-state index is 12.0. The molecule has 4 aromatic carbocycles. The second-order valence-corrected chi connectivity index (χ2v) is 20.9. The Morgan fingerprint density at radius 1 is 0.515 bits per heavy atom. The Bertz CT molecular complexity index is 2470. The Balaban J connectivity index is 0.000000117. The monoisotopic (exact) mass is 1050 g/mol. The molecule has 8 aliphatic rings. The molecule has 10 nitrogen and oxygen atoms in total. The van der Waals surface area contributed by atoms with Gasteiger partial charge in [0.1, 0.15) is 17.3 Å². The molecule has 7 aliphatic carbocycles. The molecule has 12 heteroatoms. The van der Waals surface area contributed by atoms with Crippen LogP contribution in [0.5, 0.6) is 0 Å². The van der Waals surface area contributed by atoms with E-state index in [0.717, 1.165) is 90.7 Å². The zero-order chi connectivity index (χ0) is 47.7. The molecular formula is C56H63Br2N3O7. The number of ketones is 3. The van der Waals surface area contributed by atoms with Crippen LogP contribution in [0.25, 0.3) is 0 Å². The maximum atomic E-state index is 12.0. The molecular weight excluding hydrogens is 986 g/mol. The number of non-ortho nitro benzene ring substituents is 1. The number of Topliss-reactive ketones (excluding diaryl/α,β-unsaturated/α-hetero) is 3. The van der Waals surface area contributed by atoms with Crippen LogP contribution in [0.4, 0.5) is 11.4 Å². The summed E-state index contributed by atoms with van der Waals surface area (Å²) in [7, 11) is 0. The first-order valence-electron chi connectivity index (χ1n) is 24.8. The second-order valence-electron chi connectivity index (χ2n) is 19.8. The summed E-state index contributed by atoms with van der Waals surface area (Å²) in [5.41, 5.74) is 11.4. The zero-order valence-electron chi connectivity index (χ0n) is 38.9. The van der Waals surface area contributed by atoms with Gasteiger partial charge < -0.3 is 4.90 Å². The fourth-order valence-corrected chi connectivity index (χ4v) is 13.0. The summed E-state index contributed by atoms with van der Waals surface area (Å²) in [6.07, 6.45) is 20.0. The van der Waals surface area contributed by atoms with Gasteiger partial charge in [-0.15, -0.1) is 0 Å². The largest absolute Gasteiger partial charge is 0.375 e. The van der Waals surface area contributed by atoms with Crippen LogP contribution in [0.1, 0.15) is 115 Å². The molecule has 6 atom stereocenters. The van der Waals surface area contributed by atoms with E-state index in [1.165, 1.54) is 67.4 Å². The van der Waals surface area contributed by atoms with Crippen molar-refractivity contribution in [3.8, 4) is 0 Å². The summed E-state index contributed by atoms with van der Waals surface area (Å²) in [5.74, 6) is 2.25. The molecule has 0 aromatic heterocycles. The number of nitro groups is 2. The SMILES string of the molecule is BrCc1ccccc1CBr.C1=C(N2CCCC2)CCC1.O=C1C2CCC1Cc1c(cccc1[N+](=O)[O-])C2.O=C1C2CCC1Cc1cc([N+](=O)[O-])ccc1C2.O=C1C2CCC1Cc1ccccc1C2. The third-order valence-electron chi connectivity index (χ3n) is 15.7. The molecule has 6 bridgehead atoms. The lowest BCUT2D eigenvalue weighted by molar-refractivity contribution is -0.385. The van der Waals surface area contributed by atoms with E-state index in [0.29, 0.717) is 48.4 Å². The third-order valence-corrected chi connectivity index (χ3v) is 16.9. The summed E-state index contributed by atoms with van der Waals surface area (Å²) in [6.45, 7) is 2.65. The minimum absolute atomic E-state index is 0.0161. The number of hydrogen-bond acceptors (Lipinski definition) is 8. The summed E-state index contributed by atoms with van der Waals surface area (Å²) in [5, 5.41) is 23.6. The van der Waals surface area contributed by atoms with Crippen LogP contribution < -0.4 is 0 Å². The van der Waals surface area contributed by atoms with Gasteiger partial charge in [-0.1, -0.05) is 105 Å². The predicted molar refractivity (Wildman–Crippen MR) is 273 cm³/mol. The predicted octanol–water partition coefficient (Wildman–Crippen LogP) is 12.6. The zero-order valence-corrected chi connectivity index (χ0v) is 42.1. The van der Waals surface area contributed by atoms with Crippen molar-refractivity contribution in [3.63, 3.8) is 0 Å². The molecule has 4 fully saturated rings. The summed E-state index contributed by atoms with van der Waals surface area (Å²) in [6, 6.07) is 27.1. The van der Waals surface area contributed by atoms with Crippen LogP contribution in [0.2, 0.25) is 0 Å². The average molecular weight is 1050 g/mol. The lowest BCUT2D eigenvalue weighted by atomic mass is 9.92. The van der Waals surface area contributed by atoms with Crippen LogP contribution in [0, 0.1) is 55.7 Å². The first-order chi connectivity index (χ1) is 33.0. The van der Waals surface area contributed by atoms with Crippen LogP contribution >= 0.6 is 31.9 Å². The molecule has 358 valence electrons. The molecule has 0 radical (unpaired) electrons. The minimum Gasteiger partial charge on any atom is -0.375 e. The fraction of sp³-hybridized carbons (Fsp3) is 0.482. The Morgan fingerprint density at radius 3 is 1.44 bits per heavy atom. The van der Waals surface area contributed by atoms with Gasteiger partial charge in [0.15, 0.2) is 0 Å². The standard InChI is InChI=1S/2C13H13NO3.C13H14O.C9H15N.C8H8Br2/c15-13-9-1-2-10(13)6-11-7-12(14(16)17)4-3-8(11)5-9;15-13-9-4-5-10(13)7-11-8(6-9)2-1-3-12(11)14(16)17;14-13-11-5-6-12(13)8-10-4-2-1-3-9(10)7-11;1-2-6-9(5-1)10-7-3-4-8-10;9-5-7-3-1-2-4-8(7)6-10/h3-4,7,9-10H,1-2,5-6H2;1-3,9-10H,4-7H2;1-4,11-12H,5-8H2;5H,1-4,6-8H2;1-4H,5-6H2. The molecule has 0 amide bonds. The number of benzene rings is 4. The van der Waals surface area contributed by atoms with Crippen LogP contribution in [0.15, 0.2) is 96.7 Å².